The van der Waals surface area contributed by atoms with E-state index in [-0.39, 0.29) is 36.2 Å². The second-order valence-electron chi connectivity index (χ2n) is 7.24. The molecule has 2 atom stereocenters. The Kier molecular flexibility index (Phi) is 8.54. The Morgan fingerprint density at radius 2 is 1.93 bits per heavy atom. The Hall–Kier alpha value is -1.63. The quantitative estimate of drug-likeness (QED) is 0.716. The summed E-state index contributed by atoms with van der Waals surface area (Å²) in [5.74, 6) is -0.000545. The predicted octanol–water partition coefficient (Wildman–Crippen LogP) is 1.43. The van der Waals surface area contributed by atoms with Crippen molar-refractivity contribution in [1.82, 2.24) is 20.4 Å². The molecule has 0 aliphatic carbocycles. The normalized spacial score (nSPS) is 23.6. The molecule has 0 aromatic heterocycles. The van der Waals surface area contributed by atoms with E-state index in [2.05, 4.69) is 15.5 Å². The molecular formula is C20H31ClN4O2. The molecule has 7 heteroatoms. The second kappa shape index (κ2) is 10.6. The van der Waals surface area contributed by atoms with Crippen molar-refractivity contribution in [2.45, 2.75) is 25.3 Å². The Morgan fingerprint density at radius 3 is 2.63 bits per heavy atom. The lowest BCUT2D eigenvalue weighted by Crippen LogP contribution is -2.47. The van der Waals surface area contributed by atoms with Crippen LogP contribution in [0.25, 0.3) is 0 Å². The summed E-state index contributed by atoms with van der Waals surface area (Å²) in [6, 6.07) is 9.72. The molecule has 150 valence electrons. The van der Waals surface area contributed by atoms with Crippen molar-refractivity contribution in [2.24, 2.45) is 5.92 Å². The Morgan fingerprint density at radius 1 is 1.22 bits per heavy atom. The molecule has 3 rings (SSSR count). The molecule has 2 aliphatic rings. The van der Waals surface area contributed by atoms with Gasteiger partial charge < -0.3 is 20.4 Å². The average Bonchev–Trinajstić information content (AvgIpc) is 2.68. The van der Waals surface area contributed by atoms with Gasteiger partial charge in [0.25, 0.3) is 0 Å². The zero-order valence-electron chi connectivity index (χ0n) is 16.0. The fraction of sp³-hybridized carbons (Fsp3) is 0.600. The topological polar surface area (TPSA) is 64.7 Å². The van der Waals surface area contributed by atoms with Crippen LogP contribution in [0, 0.1) is 5.92 Å². The summed E-state index contributed by atoms with van der Waals surface area (Å²) in [5.41, 5.74) is 1.03. The van der Waals surface area contributed by atoms with Crippen molar-refractivity contribution in [1.29, 1.82) is 0 Å². The zero-order valence-corrected chi connectivity index (χ0v) is 16.8. The van der Waals surface area contributed by atoms with Crippen molar-refractivity contribution in [3.63, 3.8) is 0 Å². The van der Waals surface area contributed by atoms with Crippen molar-refractivity contribution in [3.8, 4) is 0 Å². The molecule has 2 heterocycles. The number of likely N-dealkylation sites (tertiary alicyclic amines) is 1. The lowest BCUT2D eigenvalue weighted by Gasteiger charge is -2.38. The molecule has 1 aromatic carbocycles. The monoisotopic (exact) mass is 394 g/mol. The largest absolute Gasteiger partial charge is 0.356 e. The summed E-state index contributed by atoms with van der Waals surface area (Å²) in [6.07, 6.45) is 2.02. The SMILES string of the molecule is CN1C(=O)CCC(C(=O)NCCCN2CCNCC2)C1c1ccccc1.Cl. The molecule has 0 radical (unpaired) electrons. The summed E-state index contributed by atoms with van der Waals surface area (Å²) in [4.78, 5) is 29.2. The van der Waals surface area contributed by atoms with Gasteiger partial charge in [-0.2, -0.15) is 0 Å². The first-order valence-electron chi connectivity index (χ1n) is 9.68. The highest BCUT2D eigenvalue weighted by Gasteiger charge is 2.38. The maximum atomic E-state index is 12.8. The van der Waals surface area contributed by atoms with Gasteiger partial charge in [0.1, 0.15) is 0 Å². The van der Waals surface area contributed by atoms with Gasteiger partial charge in [-0.25, -0.2) is 0 Å². The van der Waals surface area contributed by atoms with E-state index >= 15 is 0 Å². The first kappa shape index (κ1) is 21.7. The number of carbonyl (C=O) groups is 2. The summed E-state index contributed by atoms with van der Waals surface area (Å²) >= 11 is 0. The highest BCUT2D eigenvalue weighted by atomic mass is 35.5. The number of hydrogen-bond donors (Lipinski definition) is 2. The van der Waals surface area contributed by atoms with E-state index in [0.717, 1.165) is 44.7 Å². The highest BCUT2D eigenvalue weighted by molar-refractivity contribution is 5.85. The summed E-state index contributed by atoms with van der Waals surface area (Å²) in [5, 5.41) is 6.46. The van der Waals surface area contributed by atoms with Crippen LogP contribution in [0.5, 0.6) is 0 Å². The summed E-state index contributed by atoms with van der Waals surface area (Å²) in [6.45, 7) is 5.98. The second-order valence-corrected chi connectivity index (χ2v) is 7.24. The van der Waals surface area contributed by atoms with E-state index in [1.807, 2.05) is 37.4 Å². The van der Waals surface area contributed by atoms with E-state index < -0.39 is 0 Å². The number of amides is 2. The number of rotatable bonds is 6. The van der Waals surface area contributed by atoms with Crippen LogP contribution >= 0.6 is 12.4 Å². The van der Waals surface area contributed by atoms with Gasteiger partial charge in [-0.15, -0.1) is 12.4 Å². The molecule has 0 spiro atoms. The van der Waals surface area contributed by atoms with Gasteiger partial charge in [0.15, 0.2) is 0 Å². The van der Waals surface area contributed by atoms with Gasteiger partial charge in [-0.1, -0.05) is 30.3 Å². The zero-order chi connectivity index (χ0) is 18.4. The van der Waals surface area contributed by atoms with Crippen LogP contribution in [0.3, 0.4) is 0 Å². The standard InChI is InChI=1S/C20H30N4O2.ClH/c1-23-18(25)9-8-17(19(23)16-6-3-2-4-7-16)20(26)22-10-5-13-24-14-11-21-12-15-24;/h2-4,6-7,17,19,21H,5,8-15H2,1H3,(H,22,26);1H. The average molecular weight is 395 g/mol. The summed E-state index contributed by atoms with van der Waals surface area (Å²) in [7, 11) is 1.81. The van der Waals surface area contributed by atoms with Crippen LogP contribution in [0.4, 0.5) is 0 Å². The smallest absolute Gasteiger partial charge is 0.225 e. The van der Waals surface area contributed by atoms with E-state index in [1.54, 1.807) is 4.90 Å². The van der Waals surface area contributed by atoms with Gasteiger partial charge in [-0.3, -0.25) is 9.59 Å². The molecule has 2 saturated heterocycles. The first-order valence-corrected chi connectivity index (χ1v) is 9.68. The van der Waals surface area contributed by atoms with Crippen LogP contribution in [0.2, 0.25) is 0 Å². The molecule has 2 unspecified atom stereocenters. The van der Waals surface area contributed by atoms with Crippen LogP contribution in [-0.2, 0) is 9.59 Å². The molecule has 2 amide bonds. The third-order valence-corrected chi connectivity index (χ3v) is 5.50. The van der Waals surface area contributed by atoms with Crippen molar-refractivity contribution < 1.29 is 9.59 Å². The van der Waals surface area contributed by atoms with Gasteiger partial charge in [0.2, 0.25) is 11.8 Å². The number of hydrogen-bond acceptors (Lipinski definition) is 4. The van der Waals surface area contributed by atoms with E-state index in [9.17, 15) is 9.59 Å². The minimum absolute atomic E-state index is 0. The van der Waals surface area contributed by atoms with Gasteiger partial charge in [-0.05, 0) is 24.9 Å². The lowest BCUT2D eigenvalue weighted by molar-refractivity contribution is -0.141. The number of piperidine rings is 1. The van der Waals surface area contributed by atoms with Crippen LogP contribution < -0.4 is 10.6 Å². The van der Waals surface area contributed by atoms with E-state index in [1.165, 1.54) is 0 Å². The third kappa shape index (κ3) is 5.67. The number of piperazine rings is 1. The first-order chi connectivity index (χ1) is 12.7. The molecule has 2 aliphatic heterocycles. The Bertz CT molecular complexity index is 607. The van der Waals surface area contributed by atoms with Crippen LogP contribution in [0.15, 0.2) is 30.3 Å². The molecule has 6 nitrogen and oxygen atoms in total. The fourth-order valence-electron chi connectivity index (χ4n) is 4.00. The van der Waals surface area contributed by atoms with Gasteiger partial charge >= 0.3 is 0 Å². The maximum absolute atomic E-state index is 12.8. The number of halogens is 1. The number of nitrogens with one attached hydrogen (secondary N) is 2. The Balaban J connectivity index is 0.00000261. The van der Waals surface area contributed by atoms with E-state index in [4.69, 9.17) is 0 Å². The van der Waals surface area contributed by atoms with Crippen LogP contribution in [-0.4, -0.2) is 67.9 Å². The van der Waals surface area contributed by atoms with Crippen LogP contribution in [0.1, 0.15) is 30.9 Å². The molecule has 0 saturated carbocycles. The van der Waals surface area contributed by atoms with Crippen molar-refractivity contribution in [2.75, 3.05) is 46.3 Å². The lowest BCUT2D eigenvalue weighted by atomic mass is 9.84. The Labute approximate surface area is 168 Å². The molecule has 27 heavy (non-hydrogen) atoms. The third-order valence-electron chi connectivity index (χ3n) is 5.50. The minimum Gasteiger partial charge on any atom is -0.356 e. The summed E-state index contributed by atoms with van der Waals surface area (Å²) < 4.78 is 0. The predicted molar refractivity (Wildman–Crippen MR) is 109 cm³/mol. The molecule has 2 fully saturated rings. The van der Waals surface area contributed by atoms with Gasteiger partial charge in [0, 0.05) is 46.2 Å². The molecule has 1 aromatic rings. The number of benzene rings is 1. The molecular weight excluding hydrogens is 364 g/mol. The highest BCUT2D eigenvalue weighted by Crippen LogP contribution is 2.35. The molecule has 0 bridgehead atoms. The maximum Gasteiger partial charge on any atom is 0.225 e. The minimum atomic E-state index is -0.181. The number of nitrogens with zero attached hydrogens (tertiary/aromatic N) is 2. The number of carbonyl (C=O) groups excluding carboxylic acids is 2. The van der Waals surface area contributed by atoms with E-state index in [0.29, 0.717) is 19.4 Å². The van der Waals surface area contributed by atoms with Crippen molar-refractivity contribution >= 4 is 24.2 Å². The van der Waals surface area contributed by atoms with Crippen molar-refractivity contribution in [3.05, 3.63) is 35.9 Å². The fourth-order valence-corrected chi connectivity index (χ4v) is 4.00. The van der Waals surface area contributed by atoms with Gasteiger partial charge in [0.05, 0.1) is 12.0 Å². The molecule has 2 N–H and O–H groups in total.